The van der Waals surface area contributed by atoms with E-state index in [1.165, 1.54) is 0 Å². The Morgan fingerprint density at radius 3 is 2.44 bits per heavy atom. The fourth-order valence-corrected chi connectivity index (χ4v) is 2.35. The Kier molecular flexibility index (Phi) is 4.24. The molecule has 0 aliphatic rings. The number of pyridine rings is 1. The van der Waals surface area contributed by atoms with Crippen LogP contribution in [0.2, 0.25) is 5.02 Å². The van der Waals surface area contributed by atoms with Crippen molar-refractivity contribution in [2.45, 2.75) is 33.7 Å². The predicted molar refractivity (Wildman–Crippen MR) is 74.3 cm³/mol. The van der Waals surface area contributed by atoms with Gasteiger partial charge in [-0.3, -0.25) is 0 Å². The van der Waals surface area contributed by atoms with Gasteiger partial charge in [-0.25, -0.2) is 4.98 Å². The Balaban J connectivity index is 3.01. The Bertz CT molecular complexity index is 374. The first-order valence-corrected chi connectivity index (χ1v) is 6.44. The molecule has 0 fully saturated rings. The van der Waals surface area contributed by atoms with Crippen molar-refractivity contribution in [3.63, 3.8) is 0 Å². The number of halogens is 2. The number of anilines is 1. The van der Waals surface area contributed by atoms with Gasteiger partial charge in [-0.05, 0) is 34.3 Å². The Morgan fingerprint density at radius 1 is 1.44 bits per heavy atom. The highest BCUT2D eigenvalue weighted by Gasteiger charge is 2.25. The minimum atomic E-state index is 0.204. The summed E-state index contributed by atoms with van der Waals surface area (Å²) in [7, 11) is 2.05. The molecule has 0 radical (unpaired) electrons. The molecule has 0 saturated carbocycles. The highest BCUT2D eigenvalue weighted by Crippen LogP contribution is 2.31. The zero-order valence-corrected chi connectivity index (χ0v) is 12.7. The third-order valence-corrected chi connectivity index (χ3v) is 3.75. The van der Waals surface area contributed by atoms with Crippen LogP contribution in [0.3, 0.4) is 0 Å². The second-order valence-electron chi connectivity index (χ2n) is 5.11. The van der Waals surface area contributed by atoms with E-state index in [1.54, 1.807) is 6.20 Å². The van der Waals surface area contributed by atoms with E-state index in [4.69, 9.17) is 11.6 Å². The molecule has 1 heterocycles. The molecule has 0 aromatic carbocycles. The van der Waals surface area contributed by atoms with Gasteiger partial charge in [0.15, 0.2) is 0 Å². The van der Waals surface area contributed by atoms with Crippen LogP contribution in [0.1, 0.15) is 27.7 Å². The second kappa shape index (κ2) is 4.92. The molecule has 0 N–H and O–H groups in total. The molecule has 0 spiro atoms. The standard InChI is InChI=1S/C12H18BrClN2/c1-8(12(2,3)4)16(5)11-10(13)6-9(14)7-15-11/h6-8H,1-5H3. The molecule has 0 saturated heterocycles. The number of rotatable bonds is 2. The molecule has 1 rings (SSSR count). The maximum Gasteiger partial charge on any atom is 0.142 e. The SMILES string of the molecule is CC(N(C)c1ncc(Cl)cc1Br)C(C)(C)C. The second-order valence-corrected chi connectivity index (χ2v) is 6.40. The number of nitrogens with zero attached hydrogens (tertiary/aromatic N) is 2. The fourth-order valence-electron chi connectivity index (χ4n) is 1.43. The van der Waals surface area contributed by atoms with Crippen molar-refractivity contribution >= 4 is 33.3 Å². The van der Waals surface area contributed by atoms with E-state index >= 15 is 0 Å². The molecular weight excluding hydrogens is 288 g/mol. The quantitative estimate of drug-likeness (QED) is 0.806. The zero-order chi connectivity index (χ0) is 12.5. The fraction of sp³-hybridized carbons (Fsp3) is 0.583. The summed E-state index contributed by atoms with van der Waals surface area (Å²) >= 11 is 9.37. The van der Waals surface area contributed by atoms with E-state index in [0.29, 0.717) is 11.1 Å². The summed E-state index contributed by atoms with van der Waals surface area (Å²) in [6, 6.07) is 2.26. The summed E-state index contributed by atoms with van der Waals surface area (Å²) in [6.45, 7) is 8.86. The highest BCUT2D eigenvalue weighted by atomic mass is 79.9. The summed E-state index contributed by atoms with van der Waals surface area (Å²) in [5, 5.41) is 0.646. The van der Waals surface area contributed by atoms with Crippen LogP contribution < -0.4 is 4.90 Å². The van der Waals surface area contributed by atoms with E-state index in [0.717, 1.165) is 10.3 Å². The van der Waals surface area contributed by atoms with Gasteiger partial charge < -0.3 is 4.90 Å². The Labute approximate surface area is 111 Å². The van der Waals surface area contributed by atoms with Crippen molar-refractivity contribution in [2.75, 3.05) is 11.9 Å². The lowest BCUT2D eigenvalue weighted by Gasteiger charge is -2.36. The van der Waals surface area contributed by atoms with Crippen molar-refractivity contribution in [1.82, 2.24) is 4.98 Å². The molecule has 1 atom stereocenters. The molecule has 0 aliphatic heterocycles. The van der Waals surface area contributed by atoms with Gasteiger partial charge in [-0.1, -0.05) is 32.4 Å². The summed E-state index contributed by atoms with van der Waals surface area (Å²) in [6.07, 6.45) is 1.67. The summed E-state index contributed by atoms with van der Waals surface area (Å²) in [5.41, 5.74) is 0.204. The lowest BCUT2D eigenvalue weighted by molar-refractivity contribution is 0.328. The summed E-state index contributed by atoms with van der Waals surface area (Å²) in [5.74, 6) is 0.923. The van der Waals surface area contributed by atoms with Crippen LogP contribution in [0.25, 0.3) is 0 Å². The average molecular weight is 306 g/mol. The molecule has 1 unspecified atom stereocenters. The molecule has 90 valence electrons. The van der Waals surface area contributed by atoms with Crippen molar-refractivity contribution in [2.24, 2.45) is 5.41 Å². The van der Waals surface area contributed by atoms with Crippen LogP contribution in [-0.4, -0.2) is 18.1 Å². The smallest absolute Gasteiger partial charge is 0.142 e. The van der Waals surface area contributed by atoms with Gasteiger partial charge in [-0.15, -0.1) is 0 Å². The normalized spacial score (nSPS) is 13.7. The minimum Gasteiger partial charge on any atom is -0.356 e. The molecule has 0 aliphatic carbocycles. The molecular formula is C12H18BrClN2. The molecule has 2 nitrogen and oxygen atoms in total. The average Bonchev–Trinajstić information content (AvgIpc) is 2.14. The maximum absolute atomic E-state index is 5.88. The number of hydrogen-bond donors (Lipinski definition) is 0. The Hall–Kier alpha value is -0.280. The summed E-state index contributed by atoms with van der Waals surface area (Å²) < 4.78 is 0.929. The minimum absolute atomic E-state index is 0.204. The zero-order valence-electron chi connectivity index (χ0n) is 10.4. The van der Waals surface area contributed by atoms with Gasteiger partial charge >= 0.3 is 0 Å². The van der Waals surface area contributed by atoms with Gasteiger partial charge in [0, 0.05) is 19.3 Å². The van der Waals surface area contributed by atoms with Crippen molar-refractivity contribution in [3.8, 4) is 0 Å². The molecule has 0 bridgehead atoms. The van der Waals surface area contributed by atoms with Crippen LogP contribution in [0.4, 0.5) is 5.82 Å². The van der Waals surface area contributed by atoms with E-state index in [9.17, 15) is 0 Å². The number of aromatic nitrogens is 1. The van der Waals surface area contributed by atoms with Crippen LogP contribution in [0.5, 0.6) is 0 Å². The molecule has 16 heavy (non-hydrogen) atoms. The maximum atomic E-state index is 5.88. The van der Waals surface area contributed by atoms with E-state index < -0.39 is 0 Å². The predicted octanol–water partition coefficient (Wildman–Crippen LogP) is 4.37. The molecule has 1 aromatic rings. The topological polar surface area (TPSA) is 16.1 Å². The van der Waals surface area contributed by atoms with E-state index in [2.05, 4.69) is 60.6 Å². The monoisotopic (exact) mass is 304 g/mol. The van der Waals surface area contributed by atoms with Crippen LogP contribution in [0, 0.1) is 5.41 Å². The van der Waals surface area contributed by atoms with Crippen molar-refractivity contribution in [3.05, 3.63) is 21.8 Å². The lowest BCUT2D eigenvalue weighted by atomic mass is 9.87. The van der Waals surface area contributed by atoms with Gasteiger partial charge in [0.05, 0.1) is 9.50 Å². The number of hydrogen-bond acceptors (Lipinski definition) is 2. The first-order valence-electron chi connectivity index (χ1n) is 5.27. The van der Waals surface area contributed by atoms with Gasteiger partial charge in [-0.2, -0.15) is 0 Å². The third kappa shape index (κ3) is 3.11. The summed E-state index contributed by atoms with van der Waals surface area (Å²) in [4.78, 5) is 6.53. The van der Waals surface area contributed by atoms with Crippen molar-refractivity contribution in [1.29, 1.82) is 0 Å². The molecule has 0 amide bonds. The first kappa shape index (κ1) is 13.8. The van der Waals surface area contributed by atoms with Crippen LogP contribution in [-0.2, 0) is 0 Å². The van der Waals surface area contributed by atoms with Gasteiger partial charge in [0.25, 0.3) is 0 Å². The largest absolute Gasteiger partial charge is 0.356 e. The molecule has 4 heteroatoms. The Morgan fingerprint density at radius 2 is 2.00 bits per heavy atom. The molecule has 1 aromatic heterocycles. The van der Waals surface area contributed by atoms with E-state index in [1.807, 2.05) is 6.07 Å². The highest BCUT2D eigenvalue weighted by molar-refractivity contribution is 9.10. The lowest BCUT2D eigenvalue weighted by Crippen LogP contribution is -2.40. The van der Waals surface area contributed by atoms with Gasteiger partial charge in [0.1, 0.15) is 5.82 Å². The first-order chi connectivity index (χ1) is 7.23. The van der Waals surface area contributed by atoms with Crippen molar-refractivity contribution < 1.29 is 0 Å². The van der Waals surface area contributed by atoms with Gasteiger partial charge in [0.2, 0.25) is 0 Å². The van der Waals surface area contributed by atoms with Crippen LogP contribution in [0.15, 0.2) is 16.7 Å². The van der Waals surface area contributed by atoms with E-state index in [-0.39, 0.29) is 5.41 Å². The van der Waals surface area contributed by atoms with Crippen LogP contribution >= 0.6 is 27.5 Å². The third-order valence-electron chi connectivity index (χ3n) is 2.96.